The van der Waals surface area contributed by atoms with Gasteiger partial charge in [0.2, 0.25) is 6.79 Å². The van der Waals surface area contributed by atoms with Crippen LogP contribution in [-0.2, 0) is 0 Å². The molecule has 0 saturated heterocycles. The van der Waals surface area contributed by atoms with Crippen molar-refractivity contribution < 1.29 is 14.3 Å². The molecule has 0 bridgehead atoms. The summed E-state index contributed by atoms with van der Waals surface area (Å²) in [7, 11) is 0. The van der Waals surface area contributed by atoms with Crippen LogP contribution in [0.1, 0.15) is 10.4 Å². The number of benzene rings is 2. The Bertz CT molecular complexity index is 668. The normalized spacial score (nSPS) is 12.2. The molecule has 0 fully saturated rings. The van der Waals surface area contributed by atoms with Crippen molar-refractivity contribution in [3.05, 3.63) is 47.0 Å². The van der Waals surface area contributed by atoms with Crippen LogP contribution in [0.5, 0.6) is 11.5 Å². The summed E-state index contributed by atoms with van der Waals surface area (Å²) in [6.45, 7) is 0.192. The summed E-state index contributed by atoms with van der Waals surface area (Å²) in [6, 6.07) is 9.88. The maximum atomic E-state index is 12.1. The van der Waals surface area contributed by atoms with Gasteiger partial charge < -0.3 is 20.5 Å². The summed E-state index contributed by atoms with van der Waals surface area (Å²) in [4.78, 5) is 12.1. The zero-order valence-electron chi connectivity index (χ0n) is 10.4. The quantitative estimate of drug-likeness (QED) is 0.834. The van der Waals surface area contributed by atoms with Crippen molar-refractivity contribution in [2.75, 3.05) is 17.8 Å². The summed E-state index contributed by atoms with van der Waals surface area (Å²) >= 11 is 5.88. The fourth-order valence-electron chi connectivity index (χ4n) is 1.92. The van der Waals surface area contributed by atoms with E-state index in [9.17, 15) is 4.79 Å². The Labute approximate surface area is 120 Å². The molecular weight excluding hydrogens is 280 g/mol. The lowest BCUT2D eigenvalue weighted by Gasteiger charge is -2.07. The first kappa shape index (κ1) is 12.6. The van der Waals surface area contributed by atoms with Crippen molar-refractivity contribution in [1.82, 2.24) is 0 Å². The van der Waals surface area contributed by atoms with E-state index in [1.54, 1.807) is 36.4 Å². The number of hydrogen-bond acceptors (Lipinski definition) is 4. The minimum atomic E-state index is -0.293. The van der Waals surface area contributed by atoms with E-state index in [0.29, 0.717) is 33.5 Å². The minimum Gasteiger partial charge on any atom is -0.454 e. The number of nitrogens with two attached hydrogens (primary N) is 1. The lowest BCUT2D eigenvalue weighted by molar-refractivity contribution is 0.102. The summed E-state index contributed by atoms with van der Waals surface area (Å²) in [6.07, 6.45) is 0. The standard InChI is InChI=1S/C14H11ClN2O3/c15-9-3-8(4-10(16)5-9)14(18)17-11-1-2-12-13(6-11)20-7-19-12/h1-6H,7,16H2,(H,17,18). The van der Waals surface area contributed by atoms with E-state index < -0.39 is 0 Å². The number of anilines is 2. The highest BCUT2D eigenvalue weighted by molar-refractivity contribution is 6.31. The molecule has 2 aromatic carbocycles. The van der Waals surface area contributed by atoms with E-state index in [4.69, 9.17) is 26.8 Å². The molecule has 0 aromatic heterocycles. The average molecular weight is 291 g/mol. The predicted octanol–water partition coefficient (Wildman–Crippen LogP) is 2.90. The molecule has 20 heavy (non-hydrogen) atoms. The molecule has 3 N–H and O–H groups in total. The Morgan fingerprint density at radius 3 is 2.75 bits per heavy atom. The van der Waals surface area contributed by atoms with Crippen LogP contribution in [0.25, 0.3) is 0 Å². The predicted molar refractivity (Wildman–Crippen MR) is 76.4 cm³/mol. The highest BCUT2D eigenvalue weighted by Gasteiger charge is 2.15. The van der Waals surface area contributed by atoms with E-state index in [-0.39, 0.29) is 12.7 Å². The fourth-order valence-corrected chi connectivity index (χ4v) is 2.16. The first-order valence-electron chi connectivity index (χ1n) is 5.89. The molecule has 2 aromatic rings. The van der Waals surface area contributed by atoms with Gasteiger partial charge in [-0.1, -0.05) is 11.6 Å². The Balaban J connectivity index is 1.82. The van der Waals surface area contributed by atoms with Crippen molar-refractivity contribution in [1.29, 1.82) is 0 Å². The van der Waals surface area contributed by atoms with Crippen molar-refractivity contribution in [2.24, 2.45) is 0 Å². The molecule has 0 aliphatic carbocycles. The largest absolute Gasteiger partial charge is 0.454 e. The smallest absolute Gasteiger partial charge is 0.255 e. The molecular formula is C14H11ClN2O3. The number of halogens is 1. The molecule has 0 radical (unpaired) electrons. The van der Waals surface area contributed by atoms with E-state index in [2.05, 4.69) is 5.32 Å². The first-order valence-corrected chi connectivity index (χ1v) is 6.27. The molecule has 0 spiro atoms. The average Bonchev–Trinajstić information content (AvgIpc) is 2.85. The van der Waals surface area contributed by atoms with E-state index in [1.807, 2.05) is 0 Å². The third kappa shape index (κ3) is 2.48. The summed E-state index contributed by atoms with van der Waals surface area (Å²) < 4.78 is 10.5. The fraction of sp³-hybridized carbons (Fsp3) is 0.0714. The van der Waals surface area contributed by atoms with Crippen molar-refractivity contribution in [3.8, 4) is 11.5 Å². The molecule has 3 rings (SSSR count). The number of carbonyl (C=O) groups is 1. The second-order valence-corrected chi connectivity index (χ2v) is 4.73. The SMILES string of the molecule is Nc1cc(Cl)cc(C(=O)Nc2ccc3c(c2)OCO3)c1. The number of hydrogen-bond donors (Lipinski definition) is 2. The van der Waals surface area contributed by atoms with Crippen molar-refractivity contribution in [3.63, 3.8) is 0 Å². The molecule has 1 heterocycles. The van der Waals surface area contributed by atoms with Crippen LogP contribution < -0.4 is 20.5 Å². The van der Waals surface area contributed by atoms with Crippen molar-refractivity contribution in [2.45, 2.75) is 0 Å². The summed E-state index contributed by atoms with van der Waals surface area (Å²) in [5.74, 6) is 0.974. The van der Waals surface area contributed by atoms with Gasteiger partial charge in [-0.15, -0.1) is 0 Å². The van der Waals surface area contributed by atoms with Gasteiger partial charge in [-0.3, -0.25) is 4.79 Å². The summed E-state index contributed by atoms with van der Waals surface area (Å²) in [5, 5.41) is 3.17. The number of carbonyl (C=O) groups excluding carboxylic acids is 1. The molecule has 0 unspecified atom stereocenters. The highest BCUT2D eigenvalue weighted by atomic mass is 35.5. The molecule has 6 heteroatoms. The van der Waals surface area contributed by atoms with Gasteiger partial charge in [0.05, 0.1) is 0 Å². The van der Waals surface area contributed by atoms with Gasteiger partial charge in [0.25, 0.3) is 5.91 Å². The van der Waals surface area contributed by atoms with Crippen LogP contribution in [0.4, 0.5) is 11.4 Å². The molecule has 0 atom stereocenters. The van der Waals surface area contributed by atoms with Gasteiger partial charge in [0, 0.05) is 28.0 Å². The Morgan fingerprint density at radius 1 is 1.15 bits per heavy atom. The first-order chi connectivity index (χ1) is 9.61. The van der Waals surface area contributed by atoms with Gasteiger partial charge >= 0.3 is 0 Å². The molecule has 0 saturated carbocycles. The van der Waals surface area contributed by atoms with E-state index >= 15 is 0 Å². The lowest BCUT2D eigenvalue weighted by atomic mass is 10.2. The van der Waals surface area contributed by atoms with Gasteiger partial charge in [-0.25, -0.2) is 0 Å². The van der Waals surface area contributed by atoms with E-state index in [0.717, 1.165) is 0 Å². The molecule has 1 aliphatic rings. The zero-order valence-corrected chi connectivity index (χ0v) is 11.1. The maximum Gasteiger partial charge on any atom is 0.255 e. The molecule has 1 aliphatic heterocycles. The number of rotatable bonds is 2. The third-order valence-electron chi connectivity index (χ3n) is 2.81. The second kappa shape index (κ2) is 4.94. The Hall–Kier alpha value is -2.40. The molecule has 1 amide bonds. The summed E-state index contributed by atoms with van der Waals surface area (Å²) in [5.41, 5.74) is 7.11. The van der Waals surface area contributed by atoms with Gasteiger partial charge in [-0.2, -0.15) is 0 Å². The van der Waals surface area contributed by atoms with Gasteiger partial charge in [-0.05, 0) is 30.3 Å². The van der Waals surface area contributed by atoms with Crippen LogP contribution in [0.2, 0.25) is 5.02 Å². The number of fused-ring (bicyclic) bond motifs is 1. The lowest BCUT2D eigenvalue weighted by Crippen LogP contribution is -2.12. The Morgan fingerprint density at radius 2 is 1.95 bits per heavy atom. The van der Waals surface area contributed by atoms with Crippen LogP contribution in [0.15, 0.2) is 36.4 Å². The number of nitrogens with one attached hydrogen (secondary N) is 1. The molecule has 5 nitrogen and oxygen atoms in total. The van der Waals surface area contributed by atoms with Crippen LogP contribution in [0.3, 0.4) is 0 Å². The number of amides is 1. The second-order valence-electron chi connectivity index (χ2n) is 4.30. The minimum absolute atomic E-state index is 0.192. The number of ether oxygens (including phenoxy) is 2. The van der Waals surface area contributed by atoms with Gasteiger partial charge in [0.15, 0.2) is 11.5 Å². The third-order valence-corrected chi connectivity index (χ3v) is 3.03. The van der Waals surface area contributed by atoms with Gasteiger partial charge in [0.1, 0.15) is 0 Å². The van der Waals surface area contributed by atoms with Crippen molar-refractivity contribution >= 4 is 28.9 Å². The monoisotopic (exact) mass is 290 g/mol. The highest BCUT2D eigenvalue weighted by Crippen LogP contribution is 2.34. The Kier molecular flexibility index (Phi) is 3.12. The van der Waals surface area contributed by atoms with Crippen LogP contribution in [0, 0.1) is 0 Å². The zero-order chi connectivity index (χ0) is 14.1. The number of nitrogen functional groups attached to an aromatic ring is 1. The topological polar surface area (TPSA) is 73.6 Å². The van der Waals surface area contributed by atoms with Crippen LogP contribution in [-0.4, -0.2) is 12.7 Å². The maximum absolute atomic E-state index is 12.1. The van der Waals surface area contributed by atoms with E-state index in [1.165, 1.54) is 0 Å². The molecule has 102 valence electrons. The van der Waals surface area contributed by atoms with Crippen LogP contribution >= 0.6 is 11.6 Å².